The summed E-state index contributed by atoms with van der Waals surface area (Å²) < 4.78 is 0. The van der Waals surface area contributed by atoms with E-state index >= 15 is 0 Å². The zero-order valence-corrected chi connectivity index (χ0v) is 3.60. The van der Waals surface area contributed by atoms with E-state index in [0.29, 0.717) is 0 Å². The zero-order valence-electron chi connectivity index (χ0n) is 3.60. The van der Waals surface area contributed by atoms with Crippen molar-refractivity contribution >= 4 is 7.64 Å². The molecule has 2 heteroatoms. The molecule has 27 valence electrons. The molecular formula is C3H7BN. The number of hydrogen-bond acceptors (Lipinski definition) is 1. The molecule has 0 aromatic carbocycles. The SMILES string of the molecule is [B]=NC(C)C. The van der Waals surface area contributed by atoms with Gasteiger partial charge in [-0.05, 0) is 0 Å². The molecule has 0 aliphatic rings. The number of rotatable bonds is 1. The van der Waals surface area contributed by atoms with E-state index in [1.54, 1.807) is 0 Å². The maximum absolute atomic E-state index is 4.80. The van der Waals surface area contributed by atoms with Crippen LogP contribution in [0.5, 0.6) is 0 Å². The fraction of sp³-hybridized carbons (Fsp3) is 1.00. The zero-order chi connectivity index (χ0) is 4.28. The van der Waals surface area contributed by atoms with Crippen LogP contribution in [0.3, 0.4) is 0 Å². The van der Waals surface area contributed by atoms with Gasteiger partial charge in [-0.3, -0.25) is 0 Å². The van der Waals surface area contributed by atoms with Crippen LogP contribution in [0, 0.1) is 0 Å². The Bertz CT molecular complexity index is 33.9. The molecule has 0 rings (SSSR count). The molecule has 0 spiro atoms. The Morgan fingerprint density at radius 1 is 1.60 bits per heavy atom. The van der Waals surface area contributed by atoms with Crippen LogP contribution in [0.4, 0.5) is 0 Å². The normalized spacial score (nSPS) is 8.40. The molecule has 0 fully saturated rings. The van der Waals surface area contributed by atoms with Crippen molar-refractivity contribution in [2.45, 2.75) is 19.9 Å². The summed E-state index contributed by atoms with van der Waals surface area (Å²) >= 11 is 0. The van der Waals surface area contributed by atoms with Crippen molar-refractivity contribution in [3.05, 3.63) is 0 Å². The van der Waals surface area contributed by atoms with Gasteiger partial charge < -0.3 is 0 Å². The first-order valence-electron chi connectivity index (χ1n) is 1.67. The molecule has 0 bridgehead atoms. The summed E-state index contributed by atoms with van der Waals surface area (Å²) in [6, 6.07) is 0.287. The van der Waals surface area contributed by atoms with E-state index in [-0.39, 0.29) is 6.04 Å². The summed E-state index contributed by atoms with van der Waals surface area (Å²) in [4.78, 5) is 3.39. The second-order valence-corrected chi connectivity index (χ2v) is 1.24. The first-order valence-corrected chi connectivity index (χ1v) is 1.67. The van der Waals surface area contributed by atoms with Crippen LogP contribution >= 0.6 is 0 Å². The van der Waals surface area contributed by atoms with Gasteiger partial charge in [0.2, 0.25) is 0 Å². The van der Waals surface area contributed by atoms with Gasteiger partial charge in [-0.15, -0.1) is 0 Å². The quantitative estimate of drug-likeness (QED) is 0.402. The Balaban J connectivity index is 2.83. The third-order valence-electron chi connectivity index (χ3n) is 0.298. The van der Waals surface area contributed by atoms with Gasteiger partial charge in [-0.2, -0.15) is 0 Å². The molecule has 1 nitrogen and oxygen atoms in total. The van der Waals surface area contributed by atoms with E-state index in [1.807, 2.05) is 13.8 Å². The summed E-state index contributed by atoms with van der Waals surface area (Å²) in [5.74, 6) is 0. The van der Waals surface area contributed by atoms with Crippen LogP contribution in [0.2, 0.25) is 0 Å². The Morgan fingerprint density at radius 3 is 1.80 bits per heavy atom. The summed E-state index contributed by atoms with van der Waals surface area (Å²) in [7, 11) is 4.80. The van der Waals surface area contributed by atoms with Crippen molar-refractivity contribution in [3.8, 4) is 0 Å². The number of nitrogens with zero attached hydrogens (tertiary/aromatic N) is 1. The average molecular weight is 67.9 g/mol. The van der Waals surface area contributed by atoms with E-state index in [1.165, 1.54) is 0 Å². The molecular weight excluding hydrogens is 60.9 g/mol. The molecule has 0 heterocycles. The predicted molar refractivity (Wildman–Crippen MR) is 23.3 cm³/mol. The molecule has 0 saturated carbocycles. The van der Waals surface area contributed by atoms with Gasteiger partial charge in [0.15, 0.2) is 0 Å². The third kappa shape index (κ3) is 3.86. The van der Waals surface area contributed by atoms with E-state index < -0.39 is 0 Å². The van der Waals surface area contributed by atoms with Crippen molar-refractivity contribution in [1.29, 1.82) is 0 Å². The standard InChI is InChI=1S/C3H7BN/c1-3(2)5-4/h3H,1-2H3. The Morgan fingerprint density at radius 2 is 1.80 bits per heavy atom. The van der Waals surface area contributed by atoms with Crippen LogP contribution in [0.25, 0.3) is 0 Å². The van der Waals surface area contributed by atoms with Crippen molar-refractivity contribution in [3.63, 3.8) is 0 Å². The fourth-order valence-electron chi connectivity index (χ4n) is 0. The summed E-state index contributed by atoms with van der Waals surface area (Å²) in [5, 5.41) is 0. The summed E-state index contributed by atoms with van der Waals surface area (Å²) in [6.07, 6.45) is 0. The van der Waals surface area contributed by atoms with Gasteiger partial charge in [-0.1, -0.05) is 0 Å². The van der Waals surface area contributed by atoms with Gasteiger partial charge >= 0.3 is 32.4 Å². The molecule has 0 unspecified atom stereocenters. The van der Waals surface area contributed by atoms with Crippen LogP contribution in [0.15, 0.2) is 4.90 Å². The van der Waals surface area contributed by atoms with Gasteiger partial charge in [0, 0.05) is 0 Å². The molecule has 0 aromatic heterocycles. The molecule has 0 aromatic rings. The second-order valence-electron chi connectivity index (χ2n) is 1.24. The van der Waals surface area contributed by atoms with Crippen LogP contribution in [-0.2, 0) is 0 Å². The third-order valence-corrected chi connectivity index (χ3v) is 0.298. The molecule has 5 heavy (non-hydrogen) atoms. The van der Waals surface area contributed by atoms with Crippen LogP contribution in [-0.4, -0.2) is 13.7 Å². The molecule has 0 aliphatic heterocycles. The van der Waals surface area contributed by atoms with Gasteiger partial charge in [0.25, 0.3) is 0 Å². The van der Waals surface area contributed by atoms with Crippen molar-refractivity contribution in [1.82, 2.24) is 0 Å². The second kappa shape index (κ2) is 2.12. The van der Waals surface area contributed by atoms with Gasteiger partial charge in [0.1, 0.15) is 0 Å². The van der Waals surface area contributed by atoms with Crippen molar-refractivity contribution in [2.75, 3.05) is 0 Å². The van der Waals surface area contributed by atoms with Gasteiger partial charge in [-0.25, -0.2) is 0 Å². The van der Waals surface area contributed by atoms with E-state index in [0.717, 1.165) is 0 Å². The molecule has 0 N–H and O–H groups in total. The fourth-order valence-corrected chi connectivity index (χ4v) is 0. The predicted octanol–water partition coefficient (Wildman–Crippen LogP) is 0.747. The number of hydrogen-bond donors (Lipinski definition) is 0. The van der Waals surface area contributed by atoms with Crippen LogP contribution in [0.1, 0.15) is 13.8 Å². The Kier molecular flexibility index (Phi) is 2.07. The van der Waals surface area contributed by atoms with E-state index in [9.17, 15) is 0 Å². The summed E-state index contributed by atoms with van der Waals surface area (Å²) in [6.45, 7) is 3.86. The molecule has 0 aliphatic carbocycles. The monoisotopic (exact) mass is 68.1 g/mol. The molecule has 0 saturated heterocycles. The van der Waals surface area contributed by atoms with E-state index in [4.69, 9.17) is 7.64 Å². The minimum atomic E-state index is 0.287. The van der Waals surface area contributed by atoms with E-state index in [2.05, 4.69) is 4.90 Å². The first-order chi connectivity index (χ1) is 2.27. The molecule has 0 amide bonds. The molecule has 0 atom stereocenters. The molecule has 1 radical (unpaired) electrons. The minimum absolute atomic E-state index is 0.287. The average Bonchev–Trinajstić information content (AvgIpc) is 1.38. The Labute approximate surface area is 33.5 Å². The van der Waals surface area contributed by atoms with Crippen molar-refractivity contribution < 1.29 is 0 Å². The summed E-state index contributed by atoms with van der Waals surface area (Å²) in [5.41, 5.74) is 0. The maximum atomic E-state index is 4.80. The van der Waals surface area contributed by atoms with Crippen LogP contribution < -0.4 is 0 Å². The first kappa shape index (κ1) is 4.86. The topological polar surface area (TPSA) is 12.4 Å². The van der Waals surface area contributed by atoms with Crippen molar-refractivity contribution in [2.24, 2.45) is 4.90 Å². The van der Waals surface area contributed by atoms with Gasteiger partial charge in [0.05, 0.1) is 0 Å². The Hall–Kier alpha value is -0.135.